The molecule has 1 N–H and O–H groups in total. The molecule has 24 heavy (non-hydrogen) atoms. The minimum atomic E-state index is -0.545. The quantitative estimate of drug-likeness (QED) is 0.851. The van der Waals surface area contributed by atoms with Crippen LogP contribution < -0.4 is 5.32 Å². The number of hydrogen-bond donors (Lipinski definition) is 1. The highest BCUT2D eigenvalue weighted by molar-refractivity contribution is 6.39. The molecule has 1 aliphatic carbocycles. The summed E-state index contributed by atoms with van der Waals surface area (Å²) in [7, 11) is 0. The van der Waals surface area contributed by atoms with E-state index in [1.807, 2.05) is 60.7 Å². The van der Waals surface area contributed by atoms with Gasteiger partial charge in [0, 0.05) is 6.04 Å². The largest absolute Gasteiger partial charge is 0.347 e. The lowest BCUT2D eigenvalue weighted by atomic mass is 9.87. The molecule has 2 aromatic rings. The lowest BCUT2D eigenvalue weighted by Gasteiger charge is -2.24. The Hall–Kier alpha value is -2.42. The van der Waals surface area contributed by atoms with Crippen molar-refractivity contribution in [3.8, 4) is 0 Å². The number of amides is 1. The van der Waals surface area contributed by atoms with Crippen LogP contribution >= 0.6 is 0 Å². The molecular weight excluding hydrogens is 298 g/mol. The third kappa shape index (κ3) is 3.91. The van der Waals surface area contributed by atoms with Crippen LogP contribution in [0, 0.1) is 0 Å². The molecule has 124 valence electrons. The van der Waals surface area contributed by atoms with Crippen molar-refractivity contribution in [3.63, 3.8) is 0 Å². The van der Waals surface area contributed by atoms with Gasteiger partial charge in [0.05, 0.1) is 5.92 Å². The smallest absolute Gasteiger partial charge is 0.288 e. The number of carbonyl (C=O) groups is 2. The first kappa shape index (κ1) is 16.4. The van der Waals surface area contributed by atoms with Gasteiger partial charge >= 0.3 is 0 Å². The van der Waals surface area contributed by atoms with Crippen LogP contribution in [-0.2, 0) is 9.59 Å². The lowest BCUT2D eigenvalue weighted by Crippen LogP contribution is -2.42. The number of ketones is 1. The Balaban J connectivity index is 1.82. The SMILES string of the molecule is O=C(NC1CCCCC1)C(=O)C(c1ccccc1)c1ccccc1. The van der Waals surface area contributed by atoms with Gasteiger partial charge in [-0.2, -0.15) is 0 Å². The molecule has 1 amide bonds. The second-order valence-corrected chi connectivity index (χ2v) is 6.43. The highest BCUT2D eigenvalue weighted by atomic mass is 16.2. The molecule has 0 spiro atoms. The third-order valence-electron chi connectivity index (χ3n) is 4.69. The van der Waals surface area contributed by atoms with Crippen LogP contribution in [0.4, 0.5) is 0 Å². The normalized spacial score (nSPS) is 15.2. The van der Waals surface area contributed by atoms with E-state index in [0.29, 0.717) is 0 Å². The van der Waals surface area contributed by atoms with E-state index >= 15 is 0 Å². The summed E-state index contributed by atoms with van der Waals surface area (Å²) in [4.78, 5) is 25.4. The standard InChI is InChI=1S/C21H23NO2/c23-20(21(24)22-18-14-8-3-9-15-18)19(16-10-4-1-5-11-16)17-12-6-2-7-13-17/h1-2,4-7,10-13,18-19H,3,8-9,14-15H2,(H,22,24). The van der Waals surface area contributed by atoms with Gasteiger partial charge in [-0.05, 0) is 24.0 Å². The van der Waals surface area contributed by atoms with Gasteiger partial charge in [0.2, 0.25) is 5.78 Å². The predicted molar refractivity (Wildman–Crippen MR) is 94.7 cm³/mol. The van der Waals surface area contributed by atoms with Gasteiger partial charge in [0.25, 0.3) is 5.91 Å². The summed E-state index contributed by atoms with van der Waals surface area (Å²) >= 11 is 0. The van der Waals surface area contributed by atoms with E-state index in [9.17, 15) is 9.59 Å². The minimum Gasteiger partial charge on any atom is -0.347 e. The van der Waals surface area contributed by atoms with Gasteiger partial charge in [-0.1, -0.05) is 79.9 Å². The maximum Gasteiger partial charge on any atom is 0.288 e. The summed E-state index contributed by atoms with van der Waals surface area (Å²) in [5.74, 6) is -1.38. The summed E-state index contributed by atoms with van der Waals surface area (Å²) in [5.41, 5.74) is 1.71. The Bertz CT molecular complexity index is 636. The third-order valence-corrected chi connectivity index (χ3v) is 4.69. The van der Waals surface area contributed by atoms with Crippen molar-refractivity contribution in [3.05, 3.63) is 71.8 Å². The zero-order valence-corrected chi connectivity index (χ0v) is 13.8. The molecular formula is C21H23NO2. The Morgan fingerprint density at radius 1 is 0.792 bits per heavy atom. The molecule has 3 rings (SSSR count). The molecule has 0 unspecified atom stereocenters. The summed E-state index contributed by atoms with van der Waals surface area (Å²) in [6.07, 6.45) is 5.41. The molecule has 3 heteroatoms. The zero-order valence-electron chi connectivity index (χ0n) is 13.8. The van der Waals surface area contributed by atoms with Crippen molar-refractivity contribution in [2.45, 2.75) is 44.1 Å². The van der Waals surface area contributed by atoms with Crippen LogP contribution in [0.2, 0.25) is 0 Å². The van der Waals surface area contributed by atoms with Gasteiger partial charge in [-0.15, -0.1) is 0 Å². The highest BCUT2D eigenvalue weighted by Gasteiger charge is 2.29. The van der Waals surface area contributed by atoms with Gasteiger partial charge in [0.15, 0.2) is 0 Å². The van der Waals surface area contributed by atoms with Crippen molar-refractivity contribution >= 4 is 11.7 Å². The fourth-order valence-corrected chi connectivity index (χ4v) is 3.42. The molecule has 1 saturated carbocycles. The van der Waals surface area contributed by atoms with Crippen LogP contribution in [0.1, 0.15) is 49.1 Å². The lowest BCUT2D eigenvalue weighted by molar-refractivity contribution is -0.138. The summed E-state index contributed by atoms with van der Waals surface area (Å²) in [6, 6.07) is 19.2. The van der Waals surface area contributed by atoms with Gasteiger partial charge in [-0.25, -0.2) is 0 Å². The summed E-state index contributed by atoms with van der Waals surface area (Å²) < 4.78 is 0. The molecule has 1 fully saturated rings. The molecule has 0 bridgehead atoms. The maximum absolute atomic E-state index is 12.9. The minimum absolute atomic E-state index is 0.141. The van der Waals surface area contributed by atoms with Crippen molar-refractivity contribution in [2.24, 2.45) is 0 Å². The van der Waals surface area contributed by atoms with E-state index in [-0.39, 0.29) is 11.8 Å². The second kappa shape index (κ2) is 7.91. The first-order chi connectivity index (χ1) is 11.8. The van der Waals surface area contributed by atoms with E-state index in [1.165, 1.54) is 6.42 Å². The Kier molecular flexibility index (Phi) is 5.42. The number of benzene rings is 2. The van der Waals surface area contributed by atoms with Crippen molar-refractivity contribution in [2.75, 3.05) is 0 Å². The van der Waals surface area contributed by atoms with Crippen LogP contribution in [-0.4, -0.2) is 17.7 Å². The van der Waals surface area contributed by atoms with Gasteiger partial charge in [0.1, 0.15) is 0 Å². The molecule has 1 aliphatic rings. The van der Waals surface area contributed by atoms with Crippen molar-refractivity contribution < 1.29 is 9.59 Å². The average Bonchev–Trinajstić information content (AvgIpc) is 2.64. The summed E-state index contributed by atoms with van der Waals surface area (Å²) in [5, 5.41) is 2.95. The summed E-state index contributed by atoms with van der Waals surface area (Å²) in [6.45, 7) is 0. The Morgan fingerprint density at radius 2 is 1.29 bits per heavy atom. The van der Waals surface area contributed by atoms with Crippen LogP contribution in [0.5, 0.6) is 0 Å². The van der Waals surface area contributed by atoms with E-state index < -0.39 is 11.8 Å². The Labute approximate surface area is 143 Å². The van der Waals surface area contributed by atoms with Gasteiger partial charge < -0.3 is 5.32 Å². The topological polar surface area (TPSA) is 46.2 Å². The second-order valence-electron chi connectivity index (χ2n) is 6.43. The molecule has 0 radical (unpaired) electrons. The monoisotopic (exact) mass is 321 g/mol. The van der Waals surface area contributed by atoms with E-state index in [1.54, 1.807) is 0 Å². The number of rotatable bonds is 5. The average molecular weight is 321 g/mol. The van der Waals surface area contributed by atoms with E-state index in [2.05, 4.69) is 5.32 Å². The first-order valence-electron chi connectivity index (χ1n) is 8.70. The molecule has 0 aromatic heterocycles. The van der Waals surface area contributed by atoms with E-state index in [0.717, 1.165) is 36.8 Å². The zero-order chi connectivity index (χ0) is 16.8. The van der Waals surface area contributed by atoms with Gasteiger partial charge in [-0.3, -0.25) is 9.59 Å². The predicted octanol–water partition coefficient (Wildman–Crippen LogP) is 3.84. The van der Waals surface area contributed by atoms with E-state index in [4.69, 9.17) is 0 Å². The molecule has 0 heterocycles. The number of nitrogens with one attached hydrogen (secondary N) is 1. The van der Waals surface area contributed by atoms with Crippen molar-refractivity contribution in [1.29, 1.82) is 0 Å². The fourth-order valence-electron chi connectivity index (χ4n) is 3.42. The van der Waals surface area contributed by atoms with Crippen LogP contribution in [0.3, 0.4) is 0 Å². The molecule has 2 aromatic carbocycles. The molecule has 3 nitrogen and oxygen atoms in total. The Morgan fingerprint density at radius 3 is 1.79 bits per heavy atom. The molecule has 0 aliphatic heterocycles. The maximum atomic E-state index is 12.9. The number of carbonyl (C=O) groups excluding carboxylic acids is 2. The van der Waals surface area contributed by atoms with Crippen molar-refractivity contribution in [1.82, 2.24) is 5.32 Å². The first-order valence-corrected chi connectivity index (χ1v) is 8.70. The highest BCUT2D eigenvalue weighted by Crippen LogP contribution is 2.26. The fraction of sp³-hybridized carbons (Fsp3) is 0.333. The molecule has 0 saturated heterocycles. The van der Waals surface area contributed by atoms with Crippen LogP contribution in [0.15, 0.2) is 60.7 Å². The molecule has 0 atom stereocenters. The number of hydrogen-bond acceptors (Lipinski definition) is 2. The number of Topliss-reactive ketones (excluding diaryl/α,β-unsaturated/α-hetero) is 1. The van der Waals surface area contributed by atoms with Crippen LogP contribution in [0.25, 0.3) is 0 Å².